The smallest absolute Gasteiger partial charge is 0.276 e. The Labute approximate surface area is 152 Å². The topological polar surface area (TPSA) is 48.7 Å². The Bertz CT molecular complexity index is 778. The predicted octanol–water partition coefficient (Wildman–Crippen LogP) is 3.38. The number of hydrogen-bond acceptors (Lipinski definition) is 4. The van der Waals surface area contributed by atoms with Crippen molar-refractivity contribution in [2.45, 2.75) is 20.4 Å². The molecule has 2 heterocycles. The van der Waals surface area contributed by atoms with Gasteiger partial charge in [-0.3, -0.25) is 9.69 Å². The molecule has 1 aliphatic heterocycles. The summed E-state index contributed by atoms with van der Waals surface area (Å²) >= 11 is 5.28. The molecule has 0 saturated carbocycles. The van der Waals surface area contributed by atoms with Crippen molar-refractivity contribution < 1.29 is 9.21 Å². The average molecular weight is 355 g/mol. The fourth-order valence-electron chi connectivity index (χ4n) is 2.81. The van der Waals surface area contributed by atoms with Gasteiger partial charge in [0.15, 0.2) is 5.11 Å². The first-order valence-electron chi connectivity index (χ1n) is 8.34. The Morgan fingerprint density at radius 3 is 2.52 bits per heavy atom. The molecular weight excluding hydrogens is 334 g/mol. The molecule has 1 aromatic heterocycles. The number of benzene rings is 1. The lowest BCUT2D eigenvalue weighted by Crippen LogP contribution is -2.29. The van der Waals surface area contributed by atoms with E-state index in [4.69, 9.17) is 16.6 Å². The van der Waals surface area contributed by atoms with Crippen LogP contribution in [-0.2, 0) is 11.3 Å². The number of carbonyl (C=O) groups excluding carboxylic acids is 1. The number of thiocarbonyl (C=S) groups is 1. The molecule has 0 unspecified atom stereocenters. The third-order valence-corrected chi connectivity index (χ3v) is 4.51. The maximum absolute atomic E-state index is 12.6. The summed E-state index contributed by atoms with van der Waals surface area (Å²) in [5.41, 5.74) is 2.61. The molecule has 0 spiro atoms. The fourth-order valence-corrected chi connectivity index (χ4v) is 3.07. The summed E-state index contributed by atoms with van der Waals surface area (Å²) < 4.78 is 5.30. The molecule has 1 fully saturated rings. The number of rotatable bonds is 6. The molecule has 25 heavy (non-hydrogen) atoms. The fraction of sp³-hybridized carbons (Fsp3) is 0.263. The van der Waals surface area contributed by atoms with Crippen molar-refractivity contribution >= 4 is 35.0 Å². The summed E-state index contributed by atoms with van der Waals surface area (Å²) in [7, 11) is 0. The third-order valence-electron chi connectivity index (χ3n) is 4.19. The van der Waals surface area contributed by atoms with Crippen LogP contribution in [0.2, 0.25) is 0 Å². The largest absolute Gasteiger partial charge is 0.467 e. The van der Waals surface area contributed by atoms with Gasteiger partial charge in [-0.05, 0) is 62.0 Å². The first kappa shape index (κ1) is 17.2. The molecule has 0 radical (unpaired) electrons. The molecule has 1 aromatic carbocycles. The zero-order valence-corrected chi connectivity index (χ0v) is 15.2. The van der Waals surface area contributed by atoms with E-state index in [1.165, 1.54) is 10.6 Å². The maximum Gasteiger partial charge on any atom is 0.276 e. The average Bonchev–Trinajstić information content (AvgIpc) is 3.22. The summed E-state index contributed by atoms with van der Waals surface area (Å²) in [5.74, 6) is 0.552. The highest BCUT2D eigenvalue weighted by Crippen LogP contribution is 2.20. The van der Waals surface area contributed by atoms with Crippen LogP contribution >= 0.6 is 12.2 Å². The Kier molecular flexibility index (Phi) is 5.19. The SMILES string of the molecule is CCN(CC)c1ccc(/C=C2/NC(=S)N(Cc3ccco3)C2=O)cc1. The van der Waals surface area contributed by atoms with Gasteiger partial charge in [-0.1, -0.05) is 12.1 Å². The van der Waals surface area contributed by atoms with Crippen LogP contribution in [0.1, 0.15) is 25.2 Å². The summed E-state index contributed by atoms with van der Waals surface area (Å²) in [6.45, 7) is 6.53. The van der Waals surface area contributed by atoms with E-state index < -0.39 is 0 Å². The number of nitrogens with zero attached hydrogens (tertiary/aromatic N) is 2. The van der Waals surface area contributed by atoms with E-state index in [1.54, 1.807) is 12.3 Å². The molecule has 1 amide bonds. The monoisotopic (exact) mass is 355 g/mol. The lowest BCUT2D eigenvalue weighted by Gasteiger charge is -2.20. The minimum absolute atomic E-state index is 0.144. The van der Waals surface area contributed by atoms with Gasteiger partial charge in [0.2, 0.25) is 0 Å². The van der Waals surface area contributed by atoms with Crippen molar-refractivity contribution in [3.63, 3.8) is 0 Å². The highest BCUT2D eigenvalue weighted by atomic mass is 32.1. The van der Waals surface area contributed by atoms with Gasteiger partial charge >= 0.3 is 0 Å². The first-order valence-corrected chi connectivity index (χ1v) is 8.75. The van der Waals surface area contributed by atoms with E-state index >= 15 is 0 Å². The molecule has 5 nitrogen and oxygen atoms in total. The molecule has 0 atom stereocenters. The van der Waals surface area contributed by atoms with Crippen molar-refractivity contribution in [3.8, 4) is 0 Å². The van der Waals surface area contributed by atoms with Gasteiger partial charge in [0.1, 0.15) is 11.5 Å². The highest BCUT2D eigenvalue weighted by molar-refractivity contribution is 7.80. The molecule has 6 heteroatoms. The molecule has 3 rings (SSSR count). The number of carbonyl (C=O) groups is 1. The zero-order chi connectivity index (χ0) is 17.8. The summed E-state index contributed by atoms with van der Waals surface area (Å²) in [6.07, 6.45) is 3.41. The highest BCUT2D eigenvalue weighted by Gasteiger charge is 2.31. The van der Waals surface area contributed by atoms with E-state index in [1.807, 2.05) is 24.3 Å². The lowest BCUT2D eigenvalue weighted by atomic mass is 10.1. The van der Waals surface area contributed by atoms with E-state index in [-0.39, 0.29) is 5.91 Å². The summed E-state index contributed by atoms with van der Waals surface area (Å²) in [5, 5.41) is 3.39. The van der Waals surface area contributed by atoms with Crippen molar-refractivity contribution in [2.24, 2.45) is 0 Å². The van der Waals surface area contributed by atoms with E-state index in [9.17, 15) is 4.79 Å². The Morgan fingerprint density at radius 1 is 1.20 bits per heavy atom. The molecule has 130 valence electrons. The van der Waals surface area contributed by atoms with E-state index in [2.05, 4.69) is 36.2 Å². The van der Waals surface area contributed by atoms with Crippen LogP contribution in [0.25, 0.3) is 6.08 Å². The quantitative estimate of drug-likeness (QED) is 0.636. The van der Waals surface area contributed by atoms with Crippen LogP contribution < -0.4 is 10.2 Å². The number of amides is 1. The van der Waals surface area contributed by atoms with Crippen molar-refractivity contribution in [1.29, 1.82) is 0 Å². The summed E-state index contributed by atoms with van der Waals surface area (Å²) in [4.78, 5) is 16.4. The van der Waals surface area contributed by atoms with Crippen LogP contribution in [0.3, 0.4) is 0 Å². The van der Waals surface area contributed by atoms with Gasteiger partial charge in [0.25, 0.3) is 5.91 Å². The molecule has 0 aliphatic carbocycles. The number of nitrogens with one attached hydrogen (secondary N) is 1. The normalized spacial score (nSPS) is 15.8. The minimum Gasteiger partial charge on any atom is -0.467 e. The van der Waals surface area contributed by atoms with Crippen LogP contribution in [0, 0.1) is 0 Å². The van der Waals surface area contributed by atoms with Crippen LogP contribution in [-0.4, -0.2) is 29.0 Å². The van der Waals surface area contributed by atoms with E-state index in [0.717, 1.165) is 18.7 Å². The van der Waals surface area contributed by atoms with Gasteiger partial charge in [-0.2, -0.15) is 0 Å². The van der Waals surface area contributed by atoms with Gasteiger partial charge in [-0.15, -0.1) is 0 Å². The van der Waals surface area contributed by atoms with Crippen LogP contribution in [0.5, 0.6) is 0 Å². The Morgan fingerprint density at radius 2 is 1.92 bits per heavy atom. The minimum atomic E-state index is -0.144. The van der Waals surface area contributed by atoms with Gasteiger partial charge in [0, 0.05) is 18.8 Å². The van der Waals surface area contributed by atoms with Gasteiger partial charge in [-0.25, -0.2) is 0 Å². The molecule has 1 N–H and O–H groups in total. The van der Waals surface area contributed by atoms with Crippen molar-refractivity contribution in [2.75, 3.05) is 18.0 Å². The molecule has 0 bridgehead atoms. The standard InChI is InChI=1S/C19H21N3O2S/c1-3-21(4-2)15-9-7-14(8-10-15)12-17-18(23)22(19(25)20-17)13-16-6-5-11-24-16/h5-12H,3-4,13H2,1-2H3,(H,20,25)/b17-12+. The molecule has 1 saturated heterocycles. The number of anilines is 1. The zero-order valence-electron chi connectivity index (χ0n) is 14.4. The summed E-state index contributed by atoms with van der Waals surface area (Å²) in [6, 6.07) is 11.8. The first-order chi connectivity index (χ1) is 12.1. The molecule has 2 aromatic rings. The second-order valence-electron chi connectivity index (χ2n) is 5.72. The van der Waals surface area contributed by atoms with Gasteiger partial charge in [0.05, 0.1) is 12.8 Å². The van der Waals surface area contributed by atoms with Crippen molar-refractivity contribution in [3.05, 3.63) is 59.7 Å². The van der Waals surface area contributed by atoms with Crippen LogP contribution in [0.4, 0.5) is 5.69 Å². The lowest BCUT2D eigenvalue weighted by molar-refractivity contribution is -0.122. The number of hydrogen-bond donors (Lipinski definition) is 1. The van der Waals surface area contributed by atoms with Crippen LogP contribution in [0.15, 0.2) is 52.8 Å². The second kappa shape index (κ2) is 7.53. The van der Waals surface area contributed by atoms with E-state index in [0.29, 0.717) is 23.1 Å². The Hall–Kier alpha value is -2.60. The molecular formula is C19H21N3O2S. The predicted molar refractivity (Wildman–Crippen MR) is 103 cm³/mol. The van der Waals surface area contributed by atoms with Crippen molar-refractivity contribution in [1.82, 2.24) is 10.2 Å². The molecule has 1 aliphatic rings. The second-order valence-corrected chi connectivity index (χ2v) is 6.11. The Balaban J connectivity index is 1.75. The van der Waals surface area contributed by atoms with Gasteiger partial charge < -0.3 is 14.6 Å². The number of furan rings is 1. The maximum atomic E-state index is 12.6. The third kappa shape index (κ3) is 3.74.